The molecule has 3 heterocycles. The fourth-order valence-electron chi connectivity index (χ4n) is 4.79. The topological polar surface area (TPSA) is 7.76 Å². The molecule has 1 atom stereocenters. The number of aryl methyl sites for hydroxylation is 3. The van der Waals surface area contributed by atoms with E-state index in [0.29, 0.717) is 0 Å². The van der Waals surface area contributed by atoms with Crippen molar-refractivity contribution in [1.29, 1.82) is 0 Å². The minimum Gasteiger partial charge on any atom is -0.205 e. The largest absolute Gasteiger partial charge is 0.205 e. The lowest BCUT2D eigenvalue weighted by atomic mass is 10.0. The van der Waals surface area contributed by atoms with E-state index >= 15 is 0 Å². The molecule has 0 amide bonds. The Balaban J connectivity index is 1.51. The van der Waals surface area contributed by atoms with Gasteiger partial charge < -0.3 is 0 Å². The van der Waals surface area contributed by atoms with Gasteiger partial charge in [-0.2, -0.15) is 0 Å². The second kappa shape index (κ2) is 15.6. The molecular weight excluding hydrogens is 400 g/mol. The smallest absolute Gasteiger partial charge is 0.171 e. The molecule has 0 saturated heterocycles. The molecule has 0 N–H and O–H groups in total. The summed E-state index contributed by atoms with van der Waals surface area (Å²) >= 11 is 0. The minimum atomic E-state index is 0.734. The maximum Gasteiger partial charge on any atom is 0.171 e. The van der Waals surface area contributed by atoms with Crippen LogP contribution in [0.4, 0.5) is 0 Å². The second-order valence-corrected chi connectivity index (χ2v) is 9.97. The predicted octanol–water partition coefficient (Wildman–Crippen LogP) is 7.10. The Kier molecular flexibility index (Phi) is 12.0. The van der Waals surface area contributed by atoms with Crippen LogP contribution in [-0.4, -0.2) is 0 Å². The van der Waals surface area contributed by atoms with Crippen molar-refractivity contribution < 1.29 is 9.13 Å². The first kappa shape index (κ1) is 25.4. The standard InChI is InChI=1S/C31H46N2/c1-29-18-12-8-5-6-10-13-19-30-21-16-24-32(27-30)23-15-11-7-3-2-4-9-14-20-31-22-17-25-33(26-29)28-31/h4,6,9-10,16-17,21-22,24-25,27-29H,2-3,5,7-8,11-15,18-20,23,26H2,1H3/q+2/b9-4-,10-6-/t29-/m1/s1. The van der Waals surface area contributed by atoms with Crippen LogP contribution in [0, 0.1) is 5.92 Å². The van der Waals surface area contributed by atoms with Gasteiger partial charge in [0.25, 0.3) is 0 Å². The first-order chi connectivity index (χ1) is 16.3. The van der Waals surface area contributed by atoms with Crippen molar-refractivity contribution in [2.24, 2.45) is 5.92 Å². The zero-order valence-electron chi connectivity index (χ0n) is 21.0. The Morgan fingerprint density at radius 3 is 1.94 bits per heavy atom. The summed E-state index contributed by atoms with van der Waals surface area (Å²) in [6.45, 7) is 4.69. The number of fused-ring (bicyclic) bond motifs is 4. The van der Waals surface area contributed by atoms with Gasteiger partial charge >= 0.3 is 0 Å². The van der Waals surface area contributed by atoms with Gasteiger partial charge in [0, 0.05) is 35.6 Å². The molecule has 2 aromatic rings. The molecule has 2 nitrogen and oxygen atoms in total. The third-order valence-electron chi connectivity index (χ3n) is 6.75. The Hall–Kier alpha value is -2.22. The van der Waals surface area contributed by atoms with Crippen molar-refractivity contribution in [2.45, 2.75) is 103 Å². The summed E-state index contributed by atoms with van der Waals surface area (Å²) in [5.41, 5.74) is 2.92. The van der Waals surface area contributed by atoms with Gasteiger partial charge in [-0.05, 0) is 76.3 Å². The van der Waals surface area contributed by atoms with Gasteiger partial charge in [-0.1, -0.05) is 44.1 Å². The van der Waals surface area contributed by atoms with E-state index in [0.717, 1.165) is 44.7 Å². The van der Waals surface area contributed by atoms with Gasteiger partial charge in [-0.3, -0.25) is 0 Å². The highest BCUT2D eigenvalue weighted by molar-refractivity contribution is 5.07. The number of aromatic nitrogens is 2. The van der Waals surface area contributed by atoms with Crippen LogP contribution in [0.15, 0.2) is 73.4 Å². The van der Waals surface area contributed by atoms with E-state index in [2.05, 4.69) is 89.4 Å². The Morgan fingerprint density at radius 2 is 1.21 bits per heavy atom. The number of allylic oxidation sites excluding steroid dienone is 4. The Labute approximate surface area is 203 Å². The molecule has 4 bridgehead atoms. The zero-order valence-corrected chi connectivity index (χ0v) is 21.0. The zero-order chi connectivity index (χ0) is 23.0. The van der Waals surface area contributed by atoms with Crippen LogP contribution < -0.4 is 9.13 Å². The molecule has 0 aliphatic carbocycles. The molecule has 2 aromatic heterocycles. The summed E-state index contributed by atoms with van der Waals surface area (Å²) in [5, 5.41) is 0. The number of pyridine rings is 2. The lowest BCUT2D eigenvalue weighted by molar-refractivity contribution is -0.703. The van der Waals surface area contributed by atoms with Crippen molar-refractivity contribution in [3.8, 4) is 0 Å². The fourth-order valence-corrected chi connectivity index (χ4v) is 4.79. The van der Waals surface area contributed by atoms with E-state index in [-0.39, 0.29) is 0 Å². The lowest BCUT2D eigenvalue weighted by Crippen LogP contribution is -2.36. The summed E-state index contributed by atoms with van der Waals surface area (Å²) in [6.07, 6.45) is 35.0. The van der Waals surface area contributed by atoms with Crippen LogP contribution >= 0.6 is 0 Å². The van der Waals surface area contributed by atoms with E-state index < -0.39 is 0 Å². The third kappa shape index (κ3) is 11.0. The van der Waals surface area contributed by atoms with Crippen molar-refractivity contribution in [3.05, 3.63) is 84.5 Å². The molecule has 1 aliphatic rings. The molecule has 2 heteroatoms. The molecule has 0 spiro atoms. The molecule has 0 radical (unpaired) electrons. The van der Waals surface area contributed by atoms with Crippen molar-refractivity contribution in [2.75, 3.05) is 0 Å². The third-order valence-corrected chi connectivity index (χ3v) is 6.75. The normalized spacial score (nSPS) is 22.3. The number of hydrogen-bond acceptors (Lipinski definition) is 0. The summed E-state index contributed by atoms with van der Waals surface area (Å²) < 4.78 is 4.79. The van der Waals surface area contributed by atoms with E-state index in [1.54, 1.807) is 0 Å². The summed E-state index contributed by atoms with van der Waals surface area (Å²) in [5.74, 6) is 0.734. The SMILES string of the molecule is C[C@@H]1CCCC/C=C\CCc2ccc[n+](c2)CCCCCC/C=C\CCc2ccc[n+](c2)C1. The van der Waals surface area contributed by atoms with E-state index in [1.807, 2.05) is 0 Å². The van der Waals surface area contributed by atoms with Crippen LogP contribution in [0.3, 0.4) is 0 Å². The van der Waals surface area contributed by atoms with Gasteiger partial charge in [-0.15, -0.1) is 0 Å². The highest BCUT2D eigenvalue weighted by atomic mass is 14.9. The molecule has 0 aromatic carbocycles. The predicted molar refractivity (Wildman–Crippen MR) is 139 cm³/mol. The molecule has 178 valence electrons. The number of hydrogen-bond donors (Lipinski definition) is 0. The first-order valence-corrected chi connectivity index (χ1v) is 13.6. The van der Waals surface area contributed by atoms with Crippen LogP contribution in [0.2, 0.25) is 0 Å². The molecule has 0 unspecified atom stereocenters. The number of nitrogens with zero attached hydrogens (tertiary/aromatic N) is 2. The van der Waals surface area contributed by atoms with Crippen LogP contribution in [-0.2, 0) is 25.9 Å². The van der Waals surface area contributed by atoms with E-state index in [9.17, 15) is 0 Å². The number of rotatable bonds is 0. The first-order valence-electron chi connectivity index (χ1n) is 13.6. The monoisotopic (exact) mass is 446 g/mol. The maximum absolute atomic E-state index is 2.40. The van der Waals surface area contributed by atoms with Gasteiger partial charge in [0.15, 0.2) is 31.3 Å². The van der Waals surface area contributed by atoms with E-state index in [4.69, 9.17) is 0 Å². The van der Waals surface area contributed by atoms with Crippen LogP contribution in [0.1, 0.15) is 88.7 Å². The van der Waals surface area contributed by atoms with Crippen molar-refractivity contribution in [1.82, 2.24) is 0 Å². The second-order valence-electron chi connectivity index (χ2n) is 9.97. The molecule has 0 fully saturated rings. The average molecular weight is 447 g/mol. The maximum atomic E-state index is 2.40. The highest BCUT2D eigenvalue weighted by Gasteiger charge is 2.09. The Morgan fingerprint density at radius 1 is 0.636 bits per heavy atom. The highest BCUT2D eigenvalue weighted by Crippen LogP contribution is 2.11. The van der Waals surface area contributed by atoms with Crippen molar-refractivity contribution >= 4 is 0 Å². The molecule has 1 aliphatic heterocycles. The van der Waals surface area contributed by atoms with E-state index in [1.165, 1.54) is 68.9 Å². The van der Waals surface area contributed by atoms with Gasteiger partial charge in [0.05, 0.1) is 0 Å². The van der Waals surface area contributed by atoms with Gasteiger partial charge in [0.2, 0.25) is 0 Å². The quantitative estimate of drug-likeness (QED) is 0.301. The molecule has 3 rings (SSSR count). The summed E-state index contributed by atoms with van der Waals surface area (Å²) in [7, 11) is 0. The average Bonchev–Trinajstić information content (AvgIpc) is 2.82. The van der Waals surface area contributed by atoms with Crippen LogP contribution in [0.5, 0.6) is 0 Å². The van der Waals surface area contributed by atoms with Crippen molar-refractivity contribution in [3.63, 3.8) is 0 Å². The molecule has 0 saturated carbocycles. The van der Waals surface area contributed by atoms with Gasteiger partial charge in [0.1, 0.15) is 6.54 Å². The summed E-state index contributed by atoms with van der Waals surface area (Å²) in [6, 6.07) is 9.00. The van der Waals surface area contributed by atoms with Crippen LogP contribution in [0.25, 0.3) is 0 Å². The molecular formula is C31H46N2+2. The lowest BCUT2D eigenvalue weighted by Gasteiger charge is -2.08. The fraction of sp³-hybridized carbons (Fsp3) is 0.548. The Bertz CT molecular complexity index is 852. The summed E-state index contributed by atoms with van der Waals surface area (Å²) in [4.78, 5) is 0. The van der Waals surface area contributed by atoms with Gasteiger partial charge in [-0.25, -0.2) is 9.13 Å². The minimum absolute atomic E-state index is 0.734. The molecule has 33 heavy (non-hydrogen) atoms.